The van der Waals surface area contributed by atoms with Crippen molar-refractivity contribution in [1.82, 2.24) is 0 Å². The summed E-state index contributed by atoms with van der Waals surface area (Å²) in [6.45, 7) is 1.48. The van der Waals surface area contributed by atoms with Crippen molar-refractivity contribution in [3.8, 4) is 11.5 Å². The molecule has 0 saturated carbocycles. The van der Waals surface area contributed by atoms with Crippen molar-refractivity contribution in [1.29, 1.82) is 0 Å². The fraction of sp³-hybridized carbons (Fsp3) is 0.538. The van der Waals surface area contributed by atoms with E-state index < -0.39 is 0 Å². The van der Waals surface area contributed by atoms with Crippen molar-refractivity contribution in [2.24, 2.45) is 0 Å². The van der Waals surface area contributed by atoms with Gasteiger partial charge in [0.2, 0.25) is 0 Å². The number of hydrogen-bond donors (Lipinski definition) is 0. The number of hydrogen-bond acceptors (Lipinski definition) is 3. The molecule has 3 nitrogen and oxygen atoms in total. The molecule has 1 fully saturated rings. The van der Waals surface area contributed by atoms with Crippen LogP contribution in [-0.4, -0.2) is 26.4 Å². The Bertz CT molecular complexity index is 403. The van der Waals surface area contributed by atoms with E-state index >= 15 is 0 Å². The van der Waals surface area contributed by atoms with Gasteiger partial charge in [0.25, 0.3) is 0 Å². The van der Waals surface area contributed by atoms with E-state index in [1.165, 1.54) is 0 Å². The fourth-order valence-corrected chi connectivity index (χ4v) is 2.84. The molecule has 18 heavy (non-hydrogen) atoms. The number of halogens is 2. The average Bonchev–Trinajstić information content (AvgIpc) is 2.42. The molecule has 5 heteroatoms. The van der Waals surface area contributed by atoms with Gasteiger partial charge < -0.3 is 14.2 Å². The summed E-state index contributed by atoms with van der Waals surface area (Å²) in [4.78, 5) is 0. The molecule has 1 saturated heterocycles. The van der Waals surface area contributed by atoms with Gasteiger partial charge in [-0.1, -0.05) is 15.9 Å². The zero-order valence-electron chi connectivity index (χ0n) is 10.2. The Morgan fingerprint density at radius 3 is 2.89 bits per heavy atom. The SMILES string of the molecule is COc1cc(CBr)cc(Br)c1OC1CCCOC1. The molecule has 1 aliphatic rings. The quantitative estimate of drug-likeness (QED) is 0.742. The molecule has 1 aromatic carbocycles. The number of rotatable bonds is 4. The van der Waals surface area contributed by atoms with E-state index in [4.69, 9.17) is 14.2 Å². The average molecular weight is 380 g/mol. The molecule has 0 bridgehead atoms. The topological polar surface area (TPSA) is 27.7 Å². The van der Waals surface area contributed by atoms with E-state index in [9.17, 15) is 0 Å². The zero-order chi connectivity index (χ0) is 13.0. The van der Waals surface area contributed by atoms with Gasteiger partial charge in [-0.3, -0.25) is 0 Å². The van der Waals surface area contributed by atoms with Crippen LogP contribution in [0.3, 0.4) is 0 Å². The smallest absolute Gasteiger partial charge is 0.175 e. The Hall–Kier alpha value is -0.260. The van der Waals surface area contributed by atoms with Crippen LogP contribution in [0.5, 0.6) is 11.5 Å². The van der Waals surface area contributed by atoms with Gasteiger partial charge >= 0.3 is 0 Å². The highest BCUT2D eigenvalue weighted by Gasteiger charge is 2.19. The summed E-state index contributed by atoms with van der Waals surface area (Å²) in [5.74, 6) is 1.52. The third kappa shape index (κ3) is 3.39. The van der Waals surface area contributed by atoms with Crippen LogP contribution in [0.25, 0.3) is 0 Å². The molecule has 0 radical (unpaired) electrons. The Morgan fingerprint density at radius 2 is 2.28 bits per heavy atom. The molecule has 1 aromatic rings. The van der Waals surface area contributed by atoms with Gasteiger partial charge in [0.1, 0.15) is 6.10 Å². The van der Waals surface area contributed by atoms with Crippen LogP contribution in [0.2, 0.25) is 0 Å². The van der Waals surface area contributed by atoms with Crippen LogP contribution < -0.4 is 9.47 Å². The maximum absolute atomic E-state index is 6.00. The molecule has 100 valence electrons. The van der Waals surface area contributed by atoms with Crippen LogP contribution in [0, 0.1) is 0 Å². The molecule has 0 aliphatic carbocycles. The molecule has 1 unspecified atom stereocenters. The van der Waals surface area contributed by atoms with Gasteiger partial charge in [0.15, 0.2) is 11.5 Å². The third-order valence-corrected chi connectivity index (χ3v) is 4.08. The van der Waals surface area contributed by atoms with E-state index in [0.717, 1.165) is 46.3 Å². The number of ether oxygens (including phenoxy) is 3. The lowest BCUT2D eigenvalue weighted by Gasteiger charge is -2.25. The minimum Gasteiger partial charge on any atom is -0.493 e. The van der Waals surface area contributed by atoms with Crippen molar-refractivity contribution in [3.63, 3.8) is 0 Å². The normalized spacial score (nSPS) is 19.6. The summed E-state index contributed by atoms with van der Waals surface area (Å²) < 4.78 is 17.7. The molecule has 1 heterocycles. The predicted molar refractivity (Wildman–Crippen MR) is 77.8 cm³/mol. The number of benzene rings is 1. The van der Waals surface area contributed by atoms with Crippen LogP contribution in [0.4, 0.5) is 0 Å². The van der Waals surface area contributed by atoms with E-state index in [0.29, 0.717) is 6.61 Å². The lowest BCUT2D eigenvalue weighted by atomic mass is 10.1. The van der Waals surface area contributed by atoms with Crippen LogP contribution >= 0.6 is 31.9 Å². The number of methoxy groups -OCH3 is 1. The lowest BCUT2D eigenvalue weighted by molar-refractivity contribution is 0.00610. The molecule has 1 aliphatic heterocycles. The Labute approximate surface area is 124 Å². The minimum absolute atomic E-state index is 0.110. The van der Waals surface area contributed by atoms with Crippen molar-refractivity contribution >= 4 is 31.9 Å². The lowest BCUT2D eigenvalue weighted by Crippen LogP contribution is -2.28. The summed E-state index contributed by atoms with van der Waals surface area (Å²) >= 11 is 6.98. The molecule has 0 amide bonds. The van der Waals surface area contributed by atoms with E-state index in [2.05, 4.69) is 31.9 Å². The third-order valence-electron chi connectivity index (χ3n) is 2.85. The molecule has 1 atom stereocenters. The second-order valence-electron chi connectivity index (χ2n) is 4.20. The van der Waals surface area contributed by atoms with Crippen LogP contribution in [0.15, 0.2) is 16.6 Å². The van der Waals surface area contributed by atoms with E-state index in [1.54, 1.807) is 7.11 Å². The standard InChI is InChI=1S/C13H16Br2O3/c1-16-12-6-9(7-14)5-11(15)13(12)18-10-3-2-4-17-8-10/h5-6,10H,2-4,7-8H2,1H3. The molecular weight excluding hydrogens is 364 g/mol. The van der Waals surface area contributed by atoms with E-state index in [-0.39, 0.29) is 6.10 Å². The highest BCUT2D eigenvalue weighted by molar-refractivity contribution is 9.10. The first-order valence-corrected chi connectivity index (χ1v) is 7.83. The monoisotopic (exact) mass is 378 g/mol. The maximum Gasteiger partial charge on any atom is 0.175 e. The van der Waals surface area contributed by atoms with Crippen LogP contribution in [-0.2, 0) is 10.1 Å². The first kappa shape index (κ1) is 14.2. The first-order valence-electron chi connectivity index (χ1n) is 5.91. The van der Waals surface area contributed by atoms with Crippen molar-refractivity contribution in [3.05, 3.63) is 22.2 Å². The number of alkyl halides is 1. The summed E-state index contributed by atoms with van der Waals surface area (Å²) in [5.41, 5.74) is 1.14. The Morgan fingerprint density at radius 1 is 1.44 bits per heavy atom. The van der Waals surface area contributed by atoms with Gasteiger partial charge in [-0.05, 0) is 46.5 Å². The predicted octanol–water partition coefficient (Wildman–Crippen LogP) is 3.91. The highest BCUT2D eigenvalue weighted by Crippen LogP contribution is 2.38. The highest BCUT2D eigenvalue weighted by atomic mass is 79.9. The first-order chi connectivity index (χ1) is 8.74. The van der Waals surface area contributed by atoms with Crippen LogP contribution in [0.1, 0.15) is 18.4 Å². The molecule has 0 N–H and O–H groups in total. The second-order valence-corrected chi connectivity index (χ2v) is 5.61. The molecule has 0 aromatic heterocycles. The van der Waals surface area contributed by atoms with Crippen molar-refractivity contribution < 1.29 is 14.2 Å². The van der Waals surface area contributed by atoms with Gasteiger partial charge in [0, 0.05) is 11.9 Å². The molecular formula is C13H16Br2O3. The molecule has 2 rings (SSSR count). The Kier molecular flexibility index (Phi) is 5.33. The Balaban J connectivity index is 2.19. The van der Waals surface area contributed by atoms with Crippen molar-refractivity contribution in [2.75, 3.05) is 20.3 Å². The minimum atomic E-state index is 0.110. The van der Waals surface area contributed by atoms with Crippen molar-refractivity contribution in [2.45, 2.75) is 24.3 Å². The maximum atomic E-state index is 6.00. The van der Waals surface area contributed by atoms with Gasteiger partial charge in [-0.15, -0.1) is 0 Å². The second kappa shape index (κ2) is 6.78. The summed E-state index contributed by atoms with van der Waals surface area (Å²) in [7, 11) is 1.66. The fourth-order valence-electron chi connectivity index (χ4n) is 1.94. The summed E-state index contributed by atoms with van der Waals surface area (Å²) in [6, 6.07) is 4.02. The summed E-state index contributed by atoms with van der Waals surface area (Å²) in [5, 5.41) is 0.786. The largest absolute Gasteiger partial charge is 0.493 e. The van der Waals surface area contributed by atoms with E-state index in [1.807, 2.05) is 12.1 Å². The van der Waals surface area contributed by atoms with Gasteiger partial charge in [-0.25, -0.2) is 0 Å². The van der Waals surface area contributed by atoms with Gasteiger partial charge in [0.05, 0.1) is 18.2 Å². The zero-order valence-corrected chi connectivity index (χ0v) is 13.4. The van der Waals surface area contributed by atoms with Gasteiger partial charge in [-0.2, -0.15) is 0 Å². The summed E-state index contributed by atoms with van der Waals surface area (Å²) in [6.07, 6.45) is 2.18. The molecule has 0 spiro atoms.